The minimum absolute atomic E-state index is 0.163. The lowest BCUT2D eigenvalue weighted by Gasteiger charge is -2.36. The summed E-state index contributed by atoms with van der Waals surface area (Å²) in [6, 6.07) is 12.6. The van der Waals surface area contributed by atoms with E-state index in [4.69, 9.17) is 9.15 Å². The van der Waals surface area contributed by atoms with Crippen molar-refractivity contribution in [2.45, 2.75) is 0 Å². The summed E-state index contributed by atoms with van der Waals surface area (Å²) in [5.74, 6) is 0.874. The third-order valence-corrected chi connectivity index (χ3v) is 5.08. The number of hydrogen-bond acceptors (Lipinski definition) is 6. The van der Waals surface area contributed by atoms with E-state index >= 15 is 0 Å². The largest absolute Gasteiger partial charge is 0.495 e. The number of rotatable bonds is 5. The van der Waals surface area contributed by atoms with Gasteiger partial charge in [-0.1, -0.05) is 12.1 Å². The van der Waals surface area contributed by atoms with E-state index in [0.29, 0.717) is 32.0 Å². The Bertz CT molecular complexity index is 1040. The predicted octanol–water partition coefficient (Wildman–Crippen LogP) is 2.24. The zero-order valence-corrected chi connectivity index (χ0v) is 16.9. The molecule has 0 radical (unpaired) electrons. The fourth-order valence-corrected chi connectivity index (χ4v) is 3.48. The molecule has 1 saturated heterocycles. The Morgan fingerprint density at radius 2 is 1.87 bits per heavy atom. The van der Waals surface area contributed by atoms with Crippen molar-refractivity contribution in [1.82, 2.24) is 14.7 Å². The Morgan fingerprint density at radius 3 is 2.57 bits per heavy atom. The topological polar surface area (TPSA) is 92.8 Å². The SMILES string of the molecule is COc1ccccc1N1CCN(C(=O)c2cc(NC(=O)c3ccco3)n(C)n2)CC1. The minimum Gasteiger partial charge on any atom is -0.495 e. The molecule has 1 N–H and O–H groups in total. The number of furan rings is 1. The second kappa shape index (κ2) is 8.32. The van der Waals surface area contributed by atoms with E-state index in [9.17, 15) is 9.59 Å². The molecule has 30 heavy (non-hydrogen) atoms. The second-order valence-corrected chi connectivity index (χ2v) is 6.92. The van der Waals surface area contributed by atoms with Gasteiger partial charge in [0, 0.05) is 39.3 Å². The van der Waals surface area contributed by atoms with Gasteiger partial charge in [0.2, 0.25) is 0 Å². The molecule has 3 aromatic rings. The predicted molar refractivity (Wildman–Crippen MR) is 111 cm³/mol. The third kappa shape index (κ3) is 3.86. The highest BCUT2D eigenvalue weighted by molar-refractivity contribution is 6.02. The summed E-state index contributed by atoms with van der Waals surface area (Å²) in [5, 5.41) is 6.98. The molecule has 1 fully saturated rings. The van der Waals surface area contributed by atoms with E-state index in [0.717, 1.165) is 11.4 Å². The summed E-state index contributed by atoms with van der Waals surface area (Å²) in [7, 11) is 3.33. The highest BCUT2D eigenvalue weighted by atomic mass is 16.5. The molecule has 3 heterocycles. The van der Waals surface area contributed by atoms with E-state index in [1.54, 1.807) is 37.3 Å². The number of anilines is 2. The van der Waals surface area contributed by atoms with E-state index in [-0.39, 0.29) is 17.4 Å². The van der Waals surface area contributed by atoms with Gasteiger partial charge in [0.15, 0.2) is 11.5 Å². The average Bonchev–Trinajstić information content (AvgIpc) is 3.44. The van der Waals surface area contributed by atoms with Crippen molar-refractivity contribution in [3.63, 3.8) is 0 Å². The van der Waals surface area contributed by atoms with Crippen molar-refractivity contribution in [2.24, 2.45) is 7.05 Å². The molecule has 1 aromatic carbocycles. The Morgan fingerprint density at radius 1 is 1.10 bits per heavy atom. The van der Waals surface area contributed by atoms with Crippen LogP contribution in [-0.2, 0) is 7.05 Å². The average molecular weight is 409 g/mol. The summed E-state index contributed by atoms with van der Waals surface area (Å²) in [6.45, 7) is 2.53. The van der Waals surface area contributed by atoms with Crippen LogP contribution in [0.3, 0.4) is 0 Å². The van der Waals surface area contributed by atoms with Gasteiger partial charge in [-0.25, -0.2) is 0 Å². The summed E-state index contributed by atoms with van der Waals surface area (Å²) < 4.78 is 12.0. The van der Waals surface area contributed by atoms with E-state index in [1.807, 2.05) is 24.3 Å². The molecule has 0 bridgehead atoms. The molecule has 4 rings (SSSR count). The summed E-state index contributed by atoms with van der Waals surface area (Å²) in [4.78, 5) is 29.1. The van der Waals surface area contributed by atoms with Gasteiger partial charge in [-0.05, 0) is 24.3 Å². The lowest BCUT2D eigenvalue weighted by atomic mass is 10.2. The van der Waals surface area contributed by atoms with E-state index in [2.05, 4.69) is 15.3 Å². The molecule has 0 atom stereocenters. The third-order valence-electron chi connectivity index (χ3n) is 5.08. The maximum absolute atomic E-state index is 12.9. The Balaban J connectivity index is 1.40. The molecule has 1 aliphatic rings. The number of nitrogens with one attached hydrogen (secondary N) is 1. The molecule has 0 saturated carbocycles. The minimum atomic E-state index is -0.396. The van der Waals surface area contributed by atoms with Gasteiger partial charge in [0.05, 0.1) is 19.1 Å². The highest BCUT2D eigenvalue weighted by Gasteiger charge is 2.26. The van der Waals surface area contributed by atoms with Crippen LogP contribution in [-0.4, -0.2) is 59.8 Å². The smallest absolute Gasteiger partial charge is 0.292 e. The molecule has 156 valence electrons. The van der Waals surface area contributed by atoms with Crippen LogP contribution in [0.5, 0.6) is 5.75 Å². The zero-order chi connectivity index (χ0) is 21.1. The number of piperazine rings is 1. The molecule has 9 nitrogen and oxygen atoms in total. The molecule has 0 spiro atoms. The van der Waals surface area contributed by atoms with Crippen LogP contribution in [0.1, 0.15) is 21.0 Å². The fourth-order valence-electron chi connectivity index (χ4n) is 3.48. The second-order valence-electron chi connectivity index (χ2n) is 6.92. The first-order chi connectivity index (χ1) is 14.6. The molecule has 2 aromatic heterocycles. The van der Waals surface area contributed by atoms with Crippen molar-refractivity contribution in [1.29, 1.82) is 0 Å². The van der Waals surface area contributed by atoms with Crippen molar-refractivity contribution in [3.05, 3.63) is 60.2 Å². The van der Waals surface area contributed by atoms with Crippen LogP contribution in [0.15, 0.2) is 53.1 Å². The normalized spacial score (nSPS) is 13.9. The number of amides is 2. The number of nitrogens with zero attached hydrogens (tertiary/aromatic N) is 4. The number of carbonyl (C=O) groups excluding carboxylic acids is 2. The maximum Gasteiger partial charge on any atom is 0.292 e. The number of benzene rings is 1. The van der Waals surface area contributed by atoms with Gasteiger partial charge in [-0.15, -0.1) is 0 Å². The van der Waals surface area contributed by atoms with Crippen molar-refractivity contribution in [2.75, 3.05) is 43.5 Å². The van der Waals surface area contributed by atoms with Crippen molar-refractivity contribution < 1.29 is 18.7 Å². The number of para-hydroxylation sites is 2. The van der Waals surface area contributed by atoms with E-state index < -0.39 is 5.91 Å². The first-order valence-electron chi connectivity index (χ1n) is 9.63. The summed E-state index contributed by atoms with van der Waals surface area (Å²) >= 11 is 0. The lowest BCUT2D eigenvalue weighted by molar-refractivity contribution is 0.0739. The standard InChI is InChI=1S/C21H23N5O4/c1-24-19(22-20(27)18-8-5-13-30-18)14-15(23-24)21(28)26-11-9-25(10-12-26)16-6-3-4-7-17(16)29-2/h3-8,13-14H,9-12H2,1-2H3,(H,22,27). The molecule has 0 unspecified atom stereocenters. The van der Waals surface area contributed by atoms with Crippen LogP contribution in [0.4, 0.5) is 11.5 Å². The Hall–Kier alpha value is -3.75. The van der Waals surface area contributed by atoms with Crippen LogP contribution >= 0.6 is 0 Å². The number of aromatic nitrogens is 2. The number of aryl methyl sites for hydroxylation is 1. The number of carbonyl (C=O) groups is 2. The first-order valence-corrected chi connectivity index (χ1v) is 9.63. The van der Waals surface area contributed by atoms with Crippen LogP contribution in [0.25, 0.3) is 0 Å². The first kappa shape index (κ1) is 19.6. The zero-order valence-electron chi connectivity index (χ0n) is 16.9. The number of hydrogen-bond donors (Lipinski definition) is 1. The quantitative estimate of drug-likeness (QED) is 0.695. The monoisotopic (exact) mass is 409 g/mol. The molecule has 1 aliphatic heterocycles. The van der Waals surface area contributed by atoms with E-state index in [1.165, 1.54) is 10.9 Å². The Kier molecular flexibility index (Phi) is 5.42. The number of methoxy groups -OCH3 is 1. The Labute approximate surface area is 173 Å². The van der Waals surface area contributed by atoms with Crippen LogP contribution < -0.4 is 15.0 Å². The molecule has 2 amide bonds. The van der Waals surface area contributed by atoms with Gasteiger partial charge in [0.1, 0.15) is 11.6 Å². The maximum atomic E-state index is 12.9. The van der Waals surface area contributed by atoms with Gasteiger partial charge >= 0.3 is 0 Å². The fraction of sp³-hybridized carbons (Fsp3) is 0.286. The summed E-state index contributed by atoms with van der Waals surface area (Å²) in [6.07, 6.45) is 1.43. The molecule has 0 aliphatic carbocycles. The lowest BCUT2D eigenvalue weighted by Crippen LogP contribution is -2.49. The van der Waals surface area contributed by atoms with Gasteiger partial charge in [0.25, 0.3) is 11.8 Å². The van der Waals surface area contributed by atoms with Gasteiger partial charge in [-0.3, -0.25) is 14.3 Å². The molecular formula is C21H23N5O4. The van der Waals surface area contributed by atoms with Gasteiger partial charge in [-0.2, -0.15) is 5.10 Å². The molecule has 9 heteroatoms. The van der Waals surface area contributed by atoms with Gasteiger partial charge < -0.3 is 24.3 Å². The van der Waals surface area contributed by atoms with Crippen LogP contribution in [0, 0.1) is 0 Å². The highest BCUT2D eigenvalue weighted by Crippen LogP contribution is 2.28. The summed E-state index contributed by atoms with van der Waals surface area (Å²) in [5.41, 5.74) is 1.31. The van der Waals surface area contributed by atoms with Crippen molar-refractivity contribution >= 4 is 23.3 Å². The van der Waals surface area contributed by atoms with Crippen molar-refractivity contribution in [3.8, 4) is 5.75 Å². The van der Waals surface area contributed by atoms with Crippen LogP contribution in [0.2, 0.25) is 0 Å². The number of ether oxygens (including phenoxy) is 1. The molecular weight excluding hydrogens is 386 g/mol.